The van der Waals surface area contributed by atoms with Crippen molar-refractivity contribution in [3.63, 3.8) is 0 Å². The van der Waals surface area contributed by atoms with Crippen LogP contribution in [0.4, 0.5) is 0 Å². The highest BCUT2D eigenvalue weighted by Gasteiger charge is 2.49. The van der Waals surface area contributed by atoms with E-state index < -0.39 is 38.5 Å². The molecule has 12 heteroatoms. The second-order valence-electron chi connectivity index (χ2n) is 4.01. The molecule has 4 atom stereocenters. The van der Waals surface area contributed by atoms with Gasteiger partial charge in [-0.25, -0.2) is 4.57 Å². The molecule has 0 aromatic rings. The fraction of sp³-hybridized carbons (Fsp3) is 1.00. The van der Waals surface area contributed by atoms with Crippen molar-refractivity contribution in [1.82, 2.24) is 0 Å². The van der Waals surface area contributed by atoms with Crippen molar-refractivity contribution >= 4 is 7.82 Å². The third kappa shape index (κ3) is 4.69. The Bertz CT molecular complexity index is 409. The van der Waals surface area contributed by atoms with Crippen LogP contribution < -0.4 is 0 Å². The van der Waals surface area contributed by atoms with Crippen LogP contribution in [0, 0.1) is 0 Å². The predicted octanol–water partition coefficient (Wildman–Crippen LogP) is -1.39. The molecule has 0 bridgehead atoms. The summed E-state index contributed by atoms with van der Waals surface area (Å²) in [5, 5.41) is 32.2. The quantitative estimate of drug-likeness (QED) is 0.177. The van der Waals surface area contributed by atoms with Gasteiger partial charge in [0.25, 0.3) is 0 Å². The molecule has 1 aliphatic heterocycles. The van der Waals surface area contributed by atoms with E-state index in [1.807, 2.05) is 0 Å². The molecule has 1 saturated heterocycles. The highest BCUT2D eigenvalue weighted by atomic mass is 31.2. The van der Waals surface area contributed by atoms with Gasteiger partial charge in [-0.3, -0.25) is 4.52 Å². The van der Waals surface area contributed by atoms with Crippen LogP contribution in [-0.2, 0) is 13.8 Å². The molecule has 1 heterocycles. The summed E-state index contributed by atoms with van der Waals surface area (Å²) in [4.78, 5) is 19.5. The molecule has 3 unspecified atom stereocenters. The van der Waals surface area contributed by atoms with E-state index >= 15 is 0 Å². The van der Waals surface area contributed by atoms with Gasteiger partial charge in [0.05, 0.1) is 18.8 Å². The van der Waals surface area contributed by atoms with Gasteiger partial charge in [-0.2, -0.15) is 0 Å². The maximum absolute atomic E-state index is 10.6. The molecule has 1 rings (SSSR count). The molecule has 0 aliphatic carbocycles. The van der Waals surface area contributed by atoms with Crippen LogP contribution in [0.2, 0.25) is 0 Å². The number of aliphatic hydroxyl groups excluding tert-OH is 2. The molecular weight excluding hydrogens is 285 g/mol. The topological polar surface area (TPSA) is 185 Å². The Morgan fingerprint density at radius 3 is 2.68 bits per heavy atom. The lowest BCUT2D eigenvalue weighted by Crippen LogP contribution is -2.60. The van der Waals surface area contributed by atoms with Gasteiger partial charge in [0.2, 0.25) is 5.79 Å². The minimum Gasteiger partial charge on any atom is -0.390 e. The molecule has 110 valence electrons. The largest absolute Gasteiger partial charge is 0.469 e. The van der Waals surface area contributed by atoms with Crippen LogP contribution in [-0.4, -0.2) is 62.4 Å². The van der Waals surface area contributed by atoms with Gasteiger partial charge in [-0.15, -0.1) is 0 Å². The van der Waals surface area contributed by atoms with Crippen LogP contribution in [0.25, 0.3) is 10.4 Å². The van der Waals surface area contributed by atoms with Gasteiger partial charge >= 0.3 is 7.82 Å². The summed E-state index contributed by atoms with van der Waals surface area (Å²) >= 11 is 0. The number of ether oxygens (including phenoxy) is 1. The number of azide groups is 1. The van der Waals surface area contributed by atoms with Crippen LogP contribution in [0.15, 0.2) is 5.11 Å². The van der Waals surface area contributed by atoms with E-state index in [1.54, 1.807) is 0 Å². The third-order valence-corrected chi connectivity index (χ3v) is 2.96. The zero-order valence-electron chi connectivity index (χ0n) is 9.60. The number of rotatable bonds is 5. The van der Waals surface area contributed by atoms with E-state index in [0.717, 1.165) is 0 Å². The summed E-state index contributed by atoms with van der Waals surface area (Å²) in [6, 6.07) is 0. The minimum absolute atomic E-state index is 0.113. The maximum Gasteiger partial charge on any atom is 0.469 e. The first-order chi connectivity index (χ1) is 8.68. The second-order valence-corrected chi connectivity index (χ2v) is 5.25. The van der Waals surface area contributed by atoms with E-state index in [1.165, 1.54) is 0 Å². The van der Waals surface area contributed by atoms with Gasteiger partial charge in [-0.05, 0) is 5.53 Å². The van der Waals surface area contributed by atoms with Gasteiger partial charge in [-0.1, -0.05) is 5.11 Å². The Hall–Kier alpha value is -0.740. The maximum atomic E-state index is 10.6. The monoisotopic (exact) mass is 299 g/mol. The van der Waals surface area contributed by atoms with Crippen LogP contribution in [0.1, 0.15) is 6.42 Å². The van der Waals surface area contributed by atoms with Crippen molar-refractivity contribution in [3.05, 3.63) is 10.4 Å². The number of phosphoric acid groups is 1. The van der Waals surface area contributed by atoms with Crippen molar-refractivity contribution in [2.45, 2.75) is 30.5 Å². The number of hydrogen-bond donors (Lipinski definition) is 5. The van der Waals surface area contributed by atoms with Gasteiger partial charge in [0.1, 0.15) is 12.7 Å². The van der Waals surface area contributed by atoms with Crippen molar-refractivity contribution in [2.75, 3.05) is 13.2 Å². The van der Waals surface area contributed by atoms with Crippen LogP contribution in [0.5, 0.6) is 0 Å². The summed E-state index contributed by atoms with van der Waals surface area (Å²) in [5.74, 6) is -2.51. The summed E-state index contributed by atoms with van der Waals surface area (Å²) in [5.41, 5.74) is 8.16. The Morgan fingerprint density at radius 1 is 1.53 bits per heavy atom. The number of nitrogens with zero attached hydrogens (tertiary/aromatic N) is 3. The summed E-state index contributed by atoms with van der Waals surface area (Å²) in [6.07, 6.45) is -4.27. The second kappa shape index (κ2) is 6.14. The minimum atomic E-state index is -4.88. The van der Waals surface area contributed by atoms with E-state index in [-0.39, 0.29) is 13.0 Å². The molecule has 0 radical (unpaired) electrons. The Labute approximate surface area is 107 Å². The average molecular weight is 299 g/mol. The van der Waals surface area contributed by atoms with Gasteiger partial charge in [0.15, 0.2) is 0 Å². The molecular formula is C7H14N3O8P. The molecule has 0 aromatic heterocycles. The molecule has 0 amide bonds. The fourth-order valence-electron chi connectivity index (χ4n) is 1.64. The summed E-state index contributed by atoms with van der Waals surface area (Å²) in [6.45, 7) is -1.28. The smallest absolute Gasteiger partial charge is 0.390 e. The summed E-state index contributed by atoms with van der Waals surface area (Å²) in [7, 11) is -4.88. The molecule has 1 fully saturated rings. The van der Waals surface area contributed by atoms with E-state index in [0.29, 0.717) is 0 Å². The Balaban J connectivity index is 2.76. The lowest BCUT2D eigenvalue weighted by atomic mass is 9.95. The van der Waals surface area contributed by atoms with E-state index in [2.05, 4.69) is 14.5 Å². The zero-order chi connectivity index (χ0) is 14.7. The number of phosphoric ester groups is 1. The lowest BCUT2D eigenvalue weighted by molar-refractivity contribution is -0.329. The van der Waals surface area contributed by atoms with Crippen molar-refractivity contribution in [2.24, 2.45) is 5.11 Å². The molecule has 19 heavy (non-hydrogen) atoms. The first kappa shape index (κ1) is 16.3. The standard InChI is InChI=1S/C7H14N3O8P/c8-10-9-2-4-1-5(11)6(12)7(13,18-4)3-17-19(14,15)16/h4-6,11-13H,1-3H2,(H2,14,15,16)/t4?,5?,6?,7-/m1/s1. The third-order valence-electron chi connectivity index (χ3n) is 2.49. The molecule has 5 N–H and O–H groups in total. The number of hydrogen-bond acceptors (Lipinski definition) is 7. The lowest BCUT2D eigenvalue weighted by Gasteiger charge is -2.42. The van der Waals surface area contributed by atoms with Gasteiger partial charge < -0.3 is 29.8 Å². The van der Waals surface area contributed by atoms with Gasteiger partial charge in [0, 0.05) is 11.3 Å². The zero-order valence-corrected chi connectivity index (χ0v) is 10.5. The normalized spacial score (nSPS) is 35.7. The SMILES string of the molecule is [N-]=[N+]=NCC1CC(O)C(O)[C@@](O)(COP(=O)(O)O)O1. The van der Waals surface area contributed by atoms with Crippen molar-refractivity contribution < 1.29 is 38.9 Å². The Morgan fingerprint density at radius 2 is 2.16 bits per heavy atom. The first-order valence-electron chi connectivity index (χ1n) is 5.15. The summed E-state index contributed by atoms with van der Waals surface area (Å²) < 4.78 is 19.6. The van der Waals surface area contributed by atoms with E-state index in [4.69, 9.17) is 20.1 Å². The molecule has 11 nitrogen and oxygen atoms in total. The van der Waals surface area contributed by atoms with Crippen molar-refractivity contribution in [1.29, 1.82) is 0 Å². The van der Waals surface area contributed by atoms with Crippen molar-refractivity contribution in [3.8, 4) is 0 Å². The first-order valence-corrected chi connectivity index (χ1v) is 6.68. The fourth-order valence-corrected chi connectivity index (χ4v) is 1.99. The molecule has 0 aromatic carbocycles. The molecule has 1 aliphatic rings. The number of aliphatic hydroxyl groups is 3. The van der Waals surface area contributed by atoms with Crippen LogP contribution >= 0.6 is 7.82 Å². The van der Waals surface area contributed by atoms with E-state index in [9.17, 15) is 19.9 Å². The predicted molar refractivity (Wildman–Crippen MR) is 58.5 cm³/mol. The Kier molecular flexibility index (Phi) is 5.27. The molecule has 0 spiro atoms. The van der Waals surface area contributed by atoms with Crippen LogP contribution in [0.3, 0.4) is 0 Å². The highest BCUT2D eigenvalue weighted by Crippen LogP contribution is 2.39. The highest BCUT2D eigenvalue weighted by molar-refractivity contribution is 7.46. The average Bonchev–Trinajstić information content (AvgIpc) is 2.30. The molecule has 0 saturated carbocycles.